The quantitative estimate of drug-likeness (QED) is 0.605. The third-order valence-corrected chi connectivity index (χ3v) is 6.44. The van der Waals surface area contributed by atoms with Crippen LogP contribution in [-0.2, 0) is 0 Å². The van der Waals surface area contributed by atoms with Gasteiger partial charge in [0.2, 0.25) is 5.76 Å². The number of hydrogen-bond donors (Lipinski definition) is 0. The number of carbonyl (C=O) groups is 1. The molecule has 32 heavy (non-hydrogen) atoms. The molecule has 2 saturated heterocycles. The molecule has 2 aliphatic heterocycles. The molecule has 5 heterocycles. The predicted octanol–water partition coefficient (Wildman–Crippen LogP) is 1.79. The first-order valence-electron chi connectivity index (χ1n) is 11.0. The summed E-state index contributed by atoms with van der Waals surface area (Å²) in [5, 5.41) is 3.72. The Morgan fingerprint density at radius 3 is 2.56 bits per heavy atom. The van der Waals surface area contributed by atoms with E-state index in [-0.39, 0.29) is 17.6 Å². The molecular weight excluding hydrogens is 410 g/mol. The summed E-state index contributed by atoms with van der Waals surface area (Å²) >= 11 is 0. The number of hydrogen-bond acceptors (Lipinski definition) is 9. The van der Waals surface area contributed by atoms with E-state index in [0.29, 0.717) is 19.0 Å². The molecule has 0 atom stereocenters. The number of piperidine rings is 1. The Morgan fingerprint density at radius 1 is 1.06 bits per heavy atom. The number of likely N-dealkylation sites (tertiary alicyclic amines) is 1. The number of ether oxygens (including phenoxy) is 1. The van der Waals surface area contributed by atoms with Crippen molar-refractivity contribution in [2.24, 2.45) is 0 Å². The van der Waals surface area contributed by atoms with Crippen LogP contribution in [0, 0.1) is 0 Å². The van der Waals surface area contributed by atoms with Crippen LogP contribution < -0.4 is 9.64 Å². The number of methoxy groups -OCH3 is 1. The van der Waals surface area contributed by atoms with E-state index in [1.807, 2.05) is 6.20 Å². The van der Waals surface area contributed by atoms with E-state index in [1.54, 1.807) is 11.2 Å². The second-order valence-corrected chi connectivity index (χ2v) is 8.41. The topological polar surface area (TPSA) is 101 Å². The van der Waals surface area contributed by atoms with Crippen molar-refractivity contribution in [2.45, 2.75) is 18.8 Å². The molecule has 3 aromatic rings. The highest BCUT2D eigenvalue weighted by molar-refractivity contribution is 5.91. The van der Waals surface area contributed by atoms with Gasteiger partial charge in [0.1, 0.15) is 11.8 Å². The fourth-order valence-electron chi connectivity index (χ4n) is 4.46. The average molecular weight is 438 g/mol. The maximum absolute atomic E-state index is 12.7. The van der Waals surface area contributed by atoms with Crippen LogP contribution >= 0.6 is 0 Å². The first-order valence-corrected chi connectivity index (χ1v) is 11.0. The Balaban J connectivity index is 1.29. The van der Waals surface area contributed by atoms with Crippen molar-refractivity contribution in [3.8, 4) is 5.88 Å². The van der Waals surface area contributed by atoms with Crippen LogP contribution in [0.15, 0.2) is 29.2 Å². The standard InChI is InChI=1S/C22H27N7O3/c1-27-7-9-28(10-8-27)16-11-17-21(23-13-16)20(25-14-24-17)15-3-5-29(6-4-15)22(30)18-12-19(31-2)26-32-18/h11-15H,3-10H2,1-2H3. The smallest absolute Gasteiger partial charge is 0.292 e. The summed E-state index contributed by atoms with van der Waals surface area (Å²) in [5.74, 6) is 0.570. The molecule has 10 nitrogen and oxygen atoms in total. The minimum absolute atomic E-state index is 0.165. The highest BCUT2D eigenvalue weighted by Crippen LogP contribution is 2.32. The van der Waals surface area contributed by atoms with Crippen molar-refractivity contribution in [3.63, 3.8) is 0 Å². The molecule has 168 valence electrons. The average Bonchev–Trinajstić information content (AvgIpc) is 3.33. The predicted molar refractivity (Wildman–Crippen MR) is 118 cm³/mol. The number of amides is 1. The van der Waals surface area contributed by atoms with E-state index in [2.05, 4.69) is 38.0 Å². The number of rotatable bonds is 4. The van der Waals surface area contributed by atoms with Crippen molar-refractivity contribution in [3.05, 3.63) is 36.1 Å². The lowest BCUT2D eigenvalue weighted by molar-refractivity contribution is 0.0670. The first-order chi connectivity index (χ1) is 15.6. The van der Waals surface area contributed by atoms with Crippen molar-refractivity contribution >= 4 is 22.6 Å². The van der Waals surface area contributed by atoms with E-state index in [0.717, 1.165) is 61.4 Å². The number of aromatic nitrogens is 4. The summed E-state index contributed by atoms with van der Waals surface area (Å²) in [5.41, 5.74) is 3.81. The lowest BCUT2D eigenvalue weighted by atomic mass is 9.92. The van der Waals surface area contributed by atoms with Gasteiger partial charge in [-0.25, -0.2) is 9.97 Å². The molecule has 2 fully saturated rings. The molecule has 1 amide bonds. The molecule has 0 aromatic carbocycles. The zero-order chi connectivity index (χ0) is 22.1. The zero-order valence-corrected chi connectivity index (χ0v) is 18.4. The SMILES string of the molecule is COc1cc(C(=O)N2CCC(c3ncnc4cc(N5CCN(C)CC5)cnc34)CC2)on1. The molecule has 2 aliphatic rings. The van der Waals surface area contributed by atoms with Gasteiger partial charge in [-0.05, 0) is 31.1 Å². The number of carbonyl (C=O) groups excluding carboxylic acids is 1. The van der Waals surface area contributed by atoms with Crippen LogP contribution in [0.25, 0.3) is 11.0 Å². The lowest BCUT2D eigenvalue weighted by Gasteiger charge is -2.34. The number of piperazine rings is 1. The van der Waals surface area contributed by atoms with Crippen molar-refractivity contribution in [2.75, 3.05) is 58.3 Å². The van der Waals surface area contributed by atoms with Crippen molar-refractivity contribution in [1.82, 2.24) is 29.9 Å². The van der Waals surface area contributed by atoms with Gasteiger partial charge in [-0.3, -0.25) is 9.78 Å². The molecule has 0 aliphatic carbocycles. The fourth-order valence-corrected chi connectivity index (χ4v) is 4.46. The van der Waals surface area contributed by atoms with Gasteiger partial charge in [-0.15, -0.1) is 0 Å². The van der Waals surface area contributed by atoms with E-state index in [4.69, 9.17) is 14.2 Å². The summed E-state index contributed by atoms with van der Waals surface area (Å²) in [6, 6.07) is 3.64. The van der Waals surface area contributed by atoms with Crippen molar-refractivity contribution in [1.29, 1.82) is 0 Å². The summed E-state index contributed by atoms with van der Waals surface area (Å²) in [7, 11) is 3.64. The largest absolute Gasteiger partial charge is 0.479 e. The van der Waals surface area contributed by atoms with Gasteiger partial charge in [0, 0.05) is 45.2 Å². The molecule has 0 radical (unpaired) electrons. The van der Waals surface area contributed by atoms with E-state index >= 15 is 0 Å². The van der Waals surface area contributed by atoms with Gasteiger partial charge >= 0.3 is 0 Å². The monoisotopic (exact) mass is 437 g/mol. The molecule has 0 saturated carbocycles. The van der Waals surface area contributed by atoms with Crippen LogP contribution in [0.5, 0.6) is 5.88 Å². The number of nitrogens with zero attached hydrogens (tertiary/aromatic N) is 7. The molecule has 0 bridgehead atoms. The van der Waals surface area contributed by atoms with Crippen LogP contribution in [0.3, 0.4) is 0 Å². The van der Waals surface area contributed by atoms with Gasteiger partial charge < -0.3 is 24.0 Å². The second-order valence-electron chi connectivity index (χ2n) is 8.41. The Bertz CT molecular complexity index is 1100. The van der Waals surface area contributed by atoms with Crippen LogP contribution in [-0.4, -0.2) is 89.2 Å². The van der Waals surface area contributed by atoms with Gasteiger partial charge in [-0.2, -0.15) is 0 Å². The van der Waals surface area contributed by atoms with Crippen LogP contribution in [0.4, 0.5) is 5.69 Å². The number of fused-ring (bicyclic) bond motifs is 1. The second kappa shape index (κ2) is 8.70. The molecule has 5 rings (SSSR count). The van der Waals surface area contributed by atoms with Crippen molar-refractivity contribution < 1.29 is 14.1 Å². The molecule has 3 aromatic heterocycles. The maximum Gasteiger partial charge on any atom is 0.292 e. The Kier molecular flexibility index (Phi) is 5.60. The highest BCUT2D eigenvalue weighted by Gasteiger charge is 2.29. The Morgan fingerprint density at radius 2 is 1.84 bits per heavy atom. The number of likely N-dealkylation sites (N-methyl/N-ethyl adjacent to an activating group) is 1. The molecule has 0 N–H and O–H groups in total. The molecule has 0 spiro atoms. The minimum Gasteiger partial charge on any atom is -0.479 e. The van der Waals surface area contributed by atoms with Crippen LogP contribution in [0.1, 0.15) is 35.0 Å². The summed E-state index contributed by atoms with van der Waals surface area (Å²) in [6.45, 7) is 5.32. The third-order valence-electron chi connectivity index (χ3n) is 6.44. The Hall–Kier alpha value is -3.27. The highest BCUT2D eigenvalue weighted by atomic mass is 16.5. The normalized spacial score (nSPS) is 18.3. The zero-order valence-electron chi connectivity index (χ0n) is 18.4. The molecule has 10 heteroatoms. The summed E-state index contributed by atoms with van der Waals surface area (Å²) in [4.78, 5) is 33.0. The van der Waals surface area contributed by atoms with Gasteiger partial charge in [0.25, 0.3) is 11.8 Å². The lowest BCUT2D eigenvalue weighted by Crippen LogP contribution is -2.44. The number of anilines is 1. The Labute approximate surface area is 186 Å². The third kappa shape index (κ3) is 3.97. The maximum atomic E-state index is 12.7. The van der Waals surface area contributed by atoms with E-state index < -0.39 is 0 Å². The van der Waals surface area contributed by atoms with E-state index in [1.165, 1.54) is 13.2 Å². The van der Waals surface area contributed by atoms with E-state index in [9.17, 15) is 4.79 Å². The summed E-state index contributed by atoms with van der Waals surface area (Å²) < 4.78 is 10.1. The fraction of sp³-hybridized carbons (Fsp3) is 0.500. The first kappa shape index (κ1) is 20.6. The van der Waals surface area contributed by atoms with Gasteiger partial charge in [0.15, 0.2) is 0 Å². The van der Waals surface area contributed by atoms with Gasteiger partial charge in [-0.1, -0.05) is 0 Å². The minimum atomic E-state index is -0.165. The van der Waals surface area contributed by atoms with Gasteiger partial charge in [0.05, 0.1) is 36.3 Å². The molecular formula is C22H27N7O3. The number of pyridine rings is 1. The summed E-state index contributed by atoms with van der Waals surface area (Å²) in [6.07, 6.45) is 5.19. The molecule has 0 unspecified atom stereocenters. The van der Waals surface area contributed by atoms with Crippen LogP contribution in [0.2, 0.25) is 0 Å².